The fourth-order valence-corrected chi connectivity index (χ4v) is 4.94. The number of Topliss-reactive ketones (excluding diaryl/α,β-unsaturated/α-hetero) is 1. The van der Waals surface area contributed by atoms with Gasteiger partial charge < -0.3 is 19.6 Å². The van der Waals surface area contributed by atoms with Crippen LogP contribution in [0.3, 0.4) is 0 Å². The molecule has 7 nitrogen and oxygen atoms in total. The molecular weight excluding hydrogens is 282 g/mol. The average Bonchev–Trinajstić information content (AvgIpc) is 2.16. The highest BCUT2D eigenvalue weighted by atomic mass is 31.2. The maximum Gasteiger partial charge on any atom is 0.340 e. The molecule has 1 saturated carbocycles. The smallest absolute Gasteiger partial charge is 0.324 e. The zero-order valence-corrected chi connectivity index (χ0v) is 11.8. The lowest BCUT2D eigenvalue weighted by Crippen LogP contribution is -2.29. The molecule has 0 bridgehead atoms. The van der Waals surface area contributed by atoms with Crippen LogP contribution < -0.4 is 0 Å². The van der Waals surface area contributed by atoms with E-state index < -0.39 is 32.9 Å². The zero-order chi connectivity index (χ0) is 14.1. The first kappa shape index (κ1) is 16.0. The Morgan fingerprint density at radius 3 is 2.11 bits per heavy atom. The van der Waals surface area contributed by atoms with Crippen molar-refractivity contribution in [3.8, 4) is 0 Å². The van der Waals surface area contributed by atoms with E-state index in [-0.39, 0.29) is 11.7 Å². The average molecular weight is 300 g/mol. The first-order valence-electron chi connectivity index (χ1n) is 5.67. The van der Waals surface area contributed by atoms with Crippen molar-refractivity contribution in [1.29, 1.82) is 0 Å². The van der Waals surface area contributed by atoms with E-state index in [4.69, 9.17) is 19.6 Å². The van der Waals surface area contributed by atoms with E-state index in [1.165, 1.54) is 0 Å². The molecule has 1 aliphatic carbocycles. The van der Waals surface area contributed by atoms with Crippen molar-refractivity contribution in [3.63, 3.8) is 0 Å². The first-order valence-corrected chi connectivity index (χ1v) is 9.04. The quantitative estimate of drug-likeness (QED) is 0.571. The van der Waals surface area contributed by atoms with Gasteiger partial charge in [-0.25, -0.2) is 0 Å². The number of hydrogen-bond acceptors (Lipinski definition) is 3. The van der Waals surface area contributed by atoms with Crippen LogP contribution in [0, 0.1) is 11.8 Å². The van der Waals surface area contributed by atoms with Crippen LogP contribution in [0.25, 0.3) is 0 Å². The van der Waals surface area contributed by atoms with Gasteiger partial charge in [-0.15, -0.1) is 0 Å². The minimum absolute atomic E-state index is 0.159. The molecule has 0 spiro atoms. The van der Waals surface area contributed by atoms with E-state index in [9.17, 15) is 13.9 Å². The molecule has 1 aliphatic rings. The molecule has 1 rings (SSSR count). The molecule has 0 aromatic rings. The molecule has 1 fully saturated rings. The Morgan fingerprint density at radius 2 is 1.67 bits per heavy atom. The molecule has 18 heavy (non-hydrogen) atoms. The van der Waals surface area contributed by atoms with Crippen LogP contribution in [0.15, 0.2) is 0 Å². The van der Waals surface area contributed by atoms with Gasteiger partial charge in [0.15, 0.2) is 5.40 Å². The number of carbonyl (C=O) groups is 1. The van der Waals surface area contributed by atoms with Gasteiger partial charge >= 0.3 is 15.2 Å². The molecule has 2 unspecified atom stereocenters. The summed E-state index contributed by atoms with van der Waals surface area (Å²) in [4.78, 5) is 47.8. The highest BCUT2D eigenvalue weighted by Gasteiger charge is 2.46. The SMILES string of the molecule is CC1CCCC(CC(P(=O)(O)O)P(=O)(O)O)C1=O. The van der Waals surface area contributed by atoms with Gasteiger partial charge in [-0.3, -0.25) is 13.9 Å². The summed E-state index contributed by atoms with van der Waals surface area (Å²) in [6.45, 7) is 1.72. The number of rotatable bonds is 4. The van der Waals surface area contributed by atoms with Crippen molar-refractivity contribution in [2.75, 3.05) is 0 Å². The summed E-state index contributed by atoms with van der Waals surface area (Å²) < 4.78 is 22.3. The molecule has 106 valence electrons. The summed E-state index contributed by atoms with van der Waals surface area (Å²) in [6, 6.07) is 0. The fourth-order valence-electron chi connectivity index (χ4n) is 2.32. The van der Waals surface area contributed by atoms with Crippen LogP contribution in [0.1, 0.15) is 32.6 Å². The molecule has 9 heteroatoms. The van der Waals surface area contributed by atoms with Crippen LogP contribution in [0.2, 0.25) is 0 Å². The Bertz CT molecular complexity index is 387. The second-order valence-electron chi connectivity index (χ2n) is 4.83. The molecule has 4 N–H and O–H groups in total. The lowest BCUT2D eigenvalue weighted by molar-refractivity contribution is -0.128. The Labute approximate surface area is 105 Å². The minimum Gasteiger partial charge on any atom is -0.324 e. The van der Waals surface area contributed by atoms with E-state index in [1.807, 2.05) is 0 Å². The van der Waals surface area contributed by atoms with Gasteiger partial charge in [0, 0.05) is 11.8 Å². The van der Waals surface area contributed by atoms with E-state index in [0.29, 0.717) is 12.8 Å². The molecule has 0 heterocycles. The summed E-state index contributed by atoms with van der Waals surface area (Å²) in [5.41, 5.74) is 0. The van der Waals surface area contributed by atoms with E-state index in [1.54, 1.807) is 6.92 Å². The molecule has 0 aromatic heterocycles. The van der Waals surface area contributed by atoms with E-state index in [0.717, 1.165) is 6.42 Å². The Hall–Kier alpha value is -0.0300. The van der Waals surface area contributed by atoms with Crippen molar-refractivity contribution in [2.45, 2.75) is 38.0 Å². The molecule has 2 atom stereocenters. The predicted octanol–water partition coefficient (Wildman–Crippen LogP) is 1.06. The van der Waals surface area contributed by atoms with Gasteiger partial charge in [-0.2, -0.15) is 0 Å². The van der Waals surface area contributed by atoms with Crippen LogP contribution in [-0.4, -0.2) is 30.8 Å². The normalized spacial score (nSPS) is 26.7. The lowest BCUT2D eigenvalue weighted by Gasteiger charge is -2.29. The summed E-state index contributed by atoms with van der Waals surface area (Å²) in [5.74, 6) is -1.04. The van der Waals surface area contributed by atoms with Gasteiger partial charge in [0.2, 0.25) is 0 Å². The van der Waals surface area contributed by atoms with Crippen molar-refractivity contribution in [1.82, 2.24) is 0 Å². The maximum atomic E-state index is 11.8. The van der Waals surface area contributed by atoms with E-state index >= 15 is 0 Å². The van der Waals surface area contributed by atoms with Gasteiger partial charge in [0.05, 0.1) is 0 Å². The first-order chi connectivity index (χ1) is 8.03. The zero-order valence-electron chi connectivity index (χ0n) is 9.97. The van der Waals surface area contributed by atoms with Crippen LogP contribution in [0.4, 0.5) is 0 Å². The van der Waals surface area contributed by atoms with Gasteiger partial charge in [-0.05, 0) is 19.3 Å². The Morgan fingerprint density at radius 1 is 1.17 bits per heavy atom. The van der Waals surface area contributed by atoms with E-state index in [2.05, 4.69) is 0 Å². The molecule has 0 saturated heterocycles. The van der Waals surface area contributed by atoms with Gasteiger partial charge in [0.1, 0.15) is 5.78 Å². The molecular formula is C9H18O7P2. The number of ketones is 1. The van der Waals surface area contributed by atoms with Gasteiger partial charge in [-0.1, -0.05) is 13.3 Å². The summed E-state index contributed by atoms with van der Waals surface area (Å²) in [7, 11) is -9.85. The largest absolute Gasteiger partial charge is 0.340 e. The minimum atomic E-state index is -4.93. The van der Waals surface area contributed by atoms with Crippen molar-refractivity contribution >= 4 is 21.0 Å². The second kappa shape index (κ2) is 5.53. The molecule has 0 aliphatic heterocycles. The van der Waals surface area contributed by atoms with Crippen LogP contribution >= 0.6 is 15.2 Å². The summed E-state index contributed by atoms with van der Waals surface area (Å²) in [5, 5.41) is -2.07. The summed E-state index contributed by atoms with van der Waals surface area (Å²) in [6.07, 6.45) is 1.43. The standard InChI is InChI=1S/C9H18O7P2/c1-6-3-2-4-7(9(6)10)5-8(17(11,12)13)18(14,15)16/h6-8H,2-5H2,1H3,(H2,11,12,13)(H2,14,15,16). The molecule has 0 radical (unpaired) electrons. The van der Waals surface area contributed by atoms with Crippen LogP contribution in [-0.2, 0) is 13.9 Å². The highest BCUT2D eigenvalue weighted by molar-refractivity contribution is 7.70. The monoisotopic (exact) mass is 300 g/mol. The fraction of sp³-hybridized carbons (Fsp3) is 0.889. The highest BCUT2D eigenvalue weighted by Crippen LogP contribution is 2.62. The van der Waals surface area contributed by atoms with Gasteiger partial charge in [0.25, 0.3) is 0 Å². The van der Waals surface area contributed by atoms with Crippen molar-refractivity contribution in [3.05, 3.63) is 0 Å². The Balaban J connectivity index is 2.88. The predicted molar refractivity (Wildman–Crippen MR) is 64.0 cm³/mol. The van der Waals surface area contributed by atoms with Crippen molar-refractivity contribution in [2.24, 2.45) is 11.8 Å². The Kier molecular flexibility index (Phi) is 4.93. The lowest BCUT2D eigenvalue weighted by atomic mass is 9.80. The third kappa shape index (κ3) is 3.98. The third-order valence-electron chi connectivity index (χ3n) is 3.35. The topological polar surface area (TPSA) is 132 Å². The number of carbonyl (C=O) groups excluding carboxylic acids is 1. The molecule has 0 amide bonds. The second-order valence-corrected chi connectivity index (χ2v) is 8.84. The maximum absolute atomic E-state index is 11.8. The third-order valence-corrected chi connectivity index (χ3v) is 7.13. The van der Waals surface area contributed by atoms with Crippen molar-refractivity contribution < 1.29 is 33.5 Å². The molecule has 0 aromatic carbocycles. The number of hydrogen-bond donors (Lipinski definition) is 4. The summed E-state index contributed by atoms with van der Waals surface area (Å²) >= 11 is 0. The van der Waals surface area contributed by atoms with Crippen LogP contribution in [0.5, 0.6) is 0 Å².